The molecule has 1 aliphatic carbocycles. The molecule has 2 aromatic carbocycles. The molecule has 0 saturated carbocycles. The van der Waals surface area contributed by atoms with E-state index in [4.69, 9.17) is 4.98 Å². The number of aromatic nitrogens is 4. The summed E-state index contributed by atoms with van der Waals surface area (Å²) in [5, 5.41) is 3.20. The van der Waals surface area contributed by atoms with Gasteiger partial charge in [0.1, 0.15) is 5.82 Å². The molecule has 30 heavy (non-hydrogen) atoms. The van der Waals surface area contributed by atoms with Crippen molar-refractivity contribution in [3.63, 3.8) is 0 Å². The van der Waals surface area contributed by atoms with Gasteiger partial charge in [0.05, 0.1) is 28.8 Å². The van der Waals surface area contributed by atoms with Gasteiger partial charge in [0.25, 0.3) is 5.91 Å². The molecule has 5 aromatic rings. The summed E-state index contributed by atoms with van der Waals surface area (Å²) in [7, 11) is 0. The van der Waals surface area contributed by atoms with Crippen molar-refractivity contribution in [2.45, 2.75) is 6.04 Å². The number of carbonyl (C=O) groups excluding carboxylic acids is 1. The number of H-pyrrole nitrogens is 2. The lowest BCUT2D eigenvalue weighted by molar-refractivity contribution is 0.0944. The third kappa shape index (κ3) is 2.47. The second kappa shape index (κ2) is 6.42. The molecule has 0 fully saturated rings. The Morgan fingerprint density at radius 1 is 0.967 bits per heavy atom. The van der Waals surface area contributed by atoms with Crippen LogP contribution in [0.4, 0.5) is 0 Å². The molecular weight excluding hydrogens is 374 g/mol. The zero-order valence-corrected chi connectivity index (χ0v) is 15.9. The van der Waals surface area contributed by atoms with Gasteiger partial charge in [0, 0.05) is 24.2 Å². The average Bonchev–Trinajstić information content (AvgIpc) is 3.52. The van der Waals surface area contributed by atoms with Crippen LogP contribution < -0.4 is 5.32 Å². The number of nitrogens with zero attached hydrogens (tertiary/aromatic N) is 2. The number of benzene rings is 2. The second-order valence-corrected chi connectivity index (χ2v) is 7.34. The van der Waals surface area contributed by atoms with E-state index >= 15 is 0 Å². The minimum atomic E-state index is -0.218. The fraction of sp³-hybridized carbons (Fsp3) is 0.0417. The van der Waals surface area contributed by atoms with Gasteiger partial charge < -0.3 is 15.3 Å². The van der Waals surface area contributed by atoms with Crippen molar-refractivity contribution < 1.29 is 4.79 Å². The highest BCUT2D eigenvalue weighted by Gasteiger charge is 2.32. The Labute approximate surface area is 172 Å². The van der Waals surface area contributed by atoms with E-state index in [2.05, 4.69) is 44.5 Å². The molecule has 0 spiro atoms. The van der Waals surface area contributed by atoms with Gasteiger partial charge in [0.15, 0.2) is 0 Å². The van der Waals surface area contributed by atoms with E-state index in [1.807, 2.05) is 24.3 Å². The third-order valence-corrected chi connectivity index (χ3v) is 5.62. The summed E-state index contributed by atoms with van der Waals surface area (Å²) in [5.74, 6) is 0.686. The van der Waals surface area contributed by atoms with Crippen LogP contribution in [0.3, 0.4) is 0 Å². The van der Waals surface area contributed by atoms with Crippen LogP contribution in [0.5, 0.6) is 0 Å². The lowest BCUT2D eigenvalue weighted by atomic mass is 9.99. The van der Waals surface area contributed by atoms with E-state index in [0.29, 0.717) is 5.56 Å². The standard InChI is InChI=1S/C24H17N5O/c30-24(14-8-10-25-12-14)29-22-16-5-2-1-4-15(16)21-17(22)6-3-7-18(21)23-27-19-9-11-26-13-20(19)28-23/h1-13,22,25H,(H,27,28)(H,29,30). The highest BCUT2D eigenvalue weighted by molar-refractivity contribution is 5.97. The minimum Gasteiger partial charge on any atom is -0.367 e. The summed E-state index contributed by atoms with van der Waals surface area (Å²) >= 11 is 0. The Morgan fingerprint density at radius 3 is 2.70 bits per heavy atom. The number of pyridine rings is 1. The SMILES string of the molecule is O=C(NC1c2ccccc2-c2c(-c3nc4ccncc4[nH]3)cccc21)c1cc[nH]c1. The van der Waals surface area contributed by atoms with Crippen molar-refractivity contribution >= 4 is 16.9 Å². The first-order chi connectivity index (χ1) is 14.8. The van der Waals surface area contributed by atoms with Gasteiger partial charge in [-0.15, -0.1) is 0 Å². The van der Waals surface area contributed by atoms with Gasteiger partial charge in [-0.25, -0.2) is 4.98 Å². The van der Waals surface area contributed by atoms with Crippen molar-refractivity contribution in [2.24, 2.45) is 0 Å². The Balaban J connectivity index is 1.51. The molecule has 6 rings (SSSR count). The van der Waals surface area contributed by atoms with Crippen molar-refractivity contribution in [1.29, 1.82) is 0 Å². The number of aromatic amines is 2. The zero-order valence-electron chi connectivity index (χ0n) is 15.9. The molecule has 3 aromatic heterocycles. The molecule has 3 N–H and O–H groups in total. The molecule has 0 radical (unpaired) electrons. The third-order valence-electron chi connectivity index (χ3n) is 5.62. The number of hydrogen-bond acceptors (Lipinski definition) is 3. The van der Waals surface area contributed by atoms with E-state index in [9.17, 15) is 4.79 Å². The smallest absolute Gasteiger partial charge is 0.253 e. The normalized spacial score (nSPS) is 14.5. The molecule has 6 nitrogen and oxygen atoms in total. The predicted molar refractivity (Wildman–Crippen MR) is 115 cm³/mol. The topological polar surface area (TPSA) is 86.5 Å². The summed E-state index contributed by atoms with van der Waals surface area (Å²) in [6.07, 6.45) is 6.98. The summed E-state index contributed by atoms with van der Waals surface area (Å²) < 4.78 is 0. The van der Waals surface area contributed by atoms with Crippen molar-refractivity contribution in [1.82, 2.24) is 25.3 Å². The van der Waals surface area contributed by atoms with Crippen LogP contribution in [0, 0.1) is 0 Å². The highest BCUT2D eigenvalue weighted by Crippen LogP contribution is 2.47. The molecule has 3 heterocycles. The summed E-state index contributed by atoms with van der Waals surface area (Å²) in [4.78, 5) is 28.1. The summed E-state index contributed by atoms with van der Waals surface area (Å²) in [6.45, 7) is 0. The van der Waals surface area contributed by atoms with E-state index in [0.717, 1.165) is 44.7 Å². The maximum Gasteiger partial charge on any atom is 0.253 e. The Kier molecular flexibility index (Phi) is 3.58. The van der Waals surface area contributed by atoms with Crippen LogP contribution in [0.2, 0.25) is 0 Å². The van der Waals surface area contributed by atoms with E-state index in [1.165, 1.54) is 0 Å². The first-order valence-corrected chi connectivity index (χ1v) is 9.75. The van der Waals surface area contributed by atoms with Gasteiger partial charge in [0.2, 0.25) is 0 Å². The minimum absolute atomic E-state index is 0.107. The van der Waals surface area contributed by atoms with Crippen molar-refractivity contribution in [2.75, 3.05) is 0 Å². The molecule has 1 amide bonds. The van der Waals surface area contributed by atoms with Crippen LogP contribution in [-0.4, -0.2) is 25.8 Å². The van der Waals surface area contributed by atoms with Crippen LogP contribution in [-0.2, 0) is 0 Å². The van der Waals surface area contributed by atoms with Gasteiger partial charge in [-0.05, 0) is 34.4 Å². The maximum absolute atomic E-state index is 12.8. The highest BCUT2D eigenvalue weighted by atomic mass is 16.1. The molecule has 0 bridgehead atoms. The quantitative estimate of drug-likeness (QED) is 0.425. The molecule has 1 unspecified atom stereocenters. The number of fused-ring (bicyclic) bond motifs is 4. The monoisotopic (exact) mass is 391 g/mol. The molecule has 0 saturated heterocycles. The number of rotatable bonds is 3. The fourth-order valence-corrected chi connectivity index (χ4v) is 4.27. The first kappa shape index (κ1) is 16.7. The van der Waals surface area contributed by atoms with Gasteiger partial charge >= 0.3 is 0 Å². The molecule has 144 valence electrons. The second-order valence-electron chi connectivity index (χ2n) is 7.34. The molecule has 1 atom stereocenters. The number of carbonyl (C=O) groups is 1. The van der Waals surface area contributed by atoms with Gasteiger partial charge in [-0.3, -0.25) is 9.78 Å². The molecule has 1 aliphatic rings. The Hall–Kier alpha value is -4.19. The number of hydrogen-bond donors (Lipinski definition) is 3. The first-order valence-electron chi connectivity index (χ1n) is 9.75. The zero-order chi connectivity index (χ0) is 20.1. The van der Waals surface area contributed by atoms with Crippen molar-refractivity contribution in [3.05, 3.63) is 96.1 Å². The van der Waals surface area contributed by atoms with Crippen molar-refractivity contribution in [3.8, 4) is 22.5 Å². The van der Waals surface area contributed by atoms with E-state index in [1.54, 1.807) is 30.9 Å². The lowest BCUT2D eigenvalue weighted by Crippen LogP contribution is -2.27. The van der Waals surface area contributed by atoms with Gasteiger partial charge in [-0.1, -0.05) is 42.5 Å². The average molecular weight is 391 g/mol. The number of imidazole rings is 1. The molecule has 0 aliphatic heterocycles. The Morgan fingerprint density at radius 2 is 1.83 bits per heavy atom. The number of amides is 1. The van der Waals surface area contributed by atoms with Gasteiger partial charge in [-0.2, -0.15) is 0 Å². The van der Waals surface area contributed by atoms with Crippen LogP contribution >= 0.6 is 0 Å². The maximum atomic E-state index is 12.8. The molecule has 6 heteroatoms. The number of nitrogens with one attached hydrogen (secondary N) is 3. The summed E-state index contributed by atoms with van der Waals surface area (Å²) in [6, 6.07) is 17.8. The fourth-order valence-electron chi connectivity index (χ4n) is 4.27. The summed E-state index contributed by atoms with van der Waals surface area (Å²) in [5.41, 5.74) is 7.75. The largest absolute Gasteiger partial charge is 0.367 e. The molecular formula is C24H17N5O. The van der Waals surface area contributed by atoms with Crippen LogP contribution in [0.1, 0.15) is 27.5 Å². The van der Waals surface area contributed by atoms with E-state index < -0.39 is 0 Å². The van der Waals surface area contributed by atoms with Crippen LogP contribution in [0.25, 0.3) is 33.5 Å². The van der Waals surface area contributed by atoms with E-state index in [-0.39, 0.29) is 11.9 Å². The predicted octanol–water partition coefficient (Wildman–Crippen LogP) is 4.45. The lowest BCUT2D eigenvalue weighted by Gasteiger charge is -2.16. The van der Waals surface area contributed by atoms with Crippen LogP contribution in [0.15, 0.2) is 79.4 Å². The Bertz CT molecular complexity index is 1370.